The van der Waals surface area contributed by atoms with Crippen molar-refractivity contribution in [2.75, 3.05) is 0 Å². The first-order chi connectivity index (χ1) is 16.9. The minimum atomic E-state index is -1.13. The van der Waals surface area contributed by atoms with Gasteiger partial charge in [-0.15, -0.1) is 0 Å². The van der Waals surface area contributed by atoms with Crippen LogP contribution < -0.4 is 21.7 Å². The third-order valence-corrected chi connectivity index (χ3v) is 5.81. The van der Waals surface area contributed by atoms with E-state index < -0.39 is 47.9 Å². The van der Waals surface area contributed by atoms with Crippen LogP contribution in [-0.4, -0.2) is 57.9 Å². The zero-order valence-corrected chi connectivity index (χ0v) is 21.6. The fraction of sp³-hybridized carbons (Fsp3) is 0.538. The Bertz CT molecular complexity index is 1060. The number of carbonyl (C=O) groups is 4. The Kier molecular flexibility index (Phi) is 10.5. The second-order valence-electron chi connectivity index (χ2n) is 10.1. The molecule has 198 valence electrons. The summed E-state index contributed by atoms with van der Waals surface area (Å²) in [6.45, 7) is 9.05. The lowest BCUT2D eigenvalue weighted by molar-refractivity contribution is -0.143. The van der Waals surface area contributed by atoms with Crippen molar-refractivity contribution in [3.63, 3.8) is 0 Å². The predicted octanol–water partition coefficient (Wildman–Crippen LogP) is 1.69. The van der Waals surface area contributed by atoms with Gasteiger partial charge in [-0.05, 0) is 43.2 Å². The Morgan fingerprint density at radius 3 is 1.94 bits per heavy atom. The van der Waals surface area contributed by atoms with Crippen molar-refractivity contribution in [3.05, 3.63) is 36.0 Å². The number of nitrogens with one attached hydrogen (secondary N) is 4. The Labute approximate surface area is 211 Å². The van der Waals surface area contributed by atoms with Crippen LogP contribution in [0.5, 0.6) is 0 Å². The summed E-state index contributed by atoms with van der Waals surface area (Å²) in [6.07, 6.45) is 2.52. The quantitative estimate of drug-likeness (QED) is 0.244. The van der Waals surface area contributed by atoms with Gasteiger partial charge in [-0.2, -0.15) is 0 Å². The minimum absolute atomic E-state index is 0.0418. The van der Waals surface area contributed by atoms with Crippen LogP contribution in [0.3, 0.4) is 0 Å². The van der Waals surface area contributed by atoms with Crippen molar-refractivity contribution < 1.29 is 24.3 Å². The number of nitrogens with two attached hydrogens (primary N) is 1. The van der Waals surface area contributed by atoms with Gasteiger partial charge in [-0.3, -0.25) is 14.4 Å². The molecule has 0 saturated carbocycles. The molecule has 36 heavy (non-hydrogen) atoms. The minimum Gasteiger partial charge on any atom is -0.480 e. The molecule has 4 atom stereocenters. The number of fused-ring (bicyclic) bond motifs is 1. The number of carbonyl (C=O) groups excluding carboxylic acids is 3. The molecule has 3 amide bonds. The summed E-state index contributed by atoms with van der Waals surface area (Å²) in [5.41, 5.74) is 7.43. The first-order valence-electron chi connectivity index (χ1n) is 12.3. The van der Waals surface area contributed by atoms with E-state index >= 15 is 0 Å². The molecule has 0 bridgehead atoms. The molecule has 4 unspecified atom stereocenters. The van der Waals surface area contributed by atoms with Crippen LogP contribution in [0.2, 0.25) is 0 Å². The maximum absolute atomic E-state index is 13.4. The molecule has 2 rings (SSSR count). The number of aromatic amines is 1. The molecule has 0 fully saturated rings. The number of hydrogen-bond acceptors (Lipinski definition) is 5. The summed E-state index contributed by atoms with van der Waals surface area (Å²) in [5.74, 6) is -2.66. The van der Waals surface area contributed by atoms with Crippen LogP contribution in [0.15, 0.2) is 30.5 Å². The fourth-order valence-corrected chi connectivity index (χ4v) is 3.97. The van der Waals surface area contributed by atoms with Crippen molar-refractivity contribution in [1.82, 2.24) is 20.9 Å². The number of carboxylic acid groups (broad SMARTS) is 1. The highest BCUT2D eigenvalue weighted by Gasteiger charge is 2.31. The molecule has 2 aromatic rings. The molecule has 1 heterocycles. The average Bonchev–Trinajstić information content (AvgIpc) is 3.19. The molecular formula is C26H39N5O5. The average molecular weight is 502 g/mol. The summed E-state index contributed by atoms with van der Waals surface area (Å²) < 4.78 is 0. The third-order valence-electron chi connectivity index (χ3n) is 5.81. The lowest BCUT2D eigenvalue weighted by Crippen LogP contribution is -2.57. The van der Waals surface area contributed by atoms with Gasteiger partial charge in [0.2, 0.25) is 17.7 Å². The molecule has 10 heteroatoms. The normalized spacial score (nSPS) is 14.8. The van der Waals surface area contributed by atoms with Gasteiger partial charge in [0, 0.05) is 23.5 Å². The molecule has 7 N–H and O–H groups in total. The molecule has 0 saturated heterocycles. The van der Waals surface area contributed by atoms with Gasteiger partial charge in [-0.25, -0.2) is 4.79 Å². The van der Waals surface area contributed by atoms with Crippen molar-refractivity contribution in [3.8, 4) is 0 Å². The van der Waals surface area contributed by atoms with Crippen LogP contribution in [0.25, 0.3) is 10.9 Å². The monoisotopic (exact) mass is 501 g/mol. The topological polar surface area (TPSA) is 166 Å². The summed E-state index contributed by atoms with van der Waals surface area (Å²) in [5, 5.41) is 18.4. The second-order valence-corrected chi connectivity index (χ2v) is 10.1. The van der Waals surface area contributed by atoms with Gasteiger partial charge in [0.25, 0.3) is 0 Å². The molecule has 0 spiro atoms. The van der Waals surface area contributed by atoms with Gasteiger partial charge in [0.1, 0.15) is 18.1 Å². The number of benzene rings is 1. The van der Waals surface area contributed by atoms with Crippen LogP contribution >= 0.6 is 0 Å². The van der Waals surface area contributed by atoms with Crippen molar-refractivity contribution in [1.29, 1.82) is 0 Å². The number of aromatic nitrogens is 1. The van der Waals surface area contributed by atoms with Crippen LogP contribution in [0.1, 0.15) is 53.0 Å². The molecule has 10 nitrogen and oxygen atoms in total. The molecular weight excluding hydrogens is 462 g/mol. The number of carboxylic acids is 1. The van der Waals surface area contributed by atoms with E-state index in [1.807, 2.05) is 52.0 Å². The van der Waals surface area contributed by atoms with Gasteiger partial charge in [-0.1, -0.05) is 45.9 Å². The predicted molar refractivity (Wildman–Crippen MR) is 138 cm³/mol. The molecule has 1 aromatic heterocycles. The number of H-pyrrole nitrogens is 1. The Hall–Kier alpha value is -3.40. The molecule has 0 radical (unpaired) electrons. The third kappa shape index (κ3) is 8.37. The van der Waals surface area contributed by atoms with E-state index in [0.717, 1.165) is 16.5 Å². The molecule has 0 aliphatic carbocycles. The Morgan fingerprint density at radius 1 is 0.833 bits per heavy atom. The van der Waals surface area contributed by atoms with E-state index in [1.54, 1.807) is 6.20 Å². The highest BCUT2D eigenvalue weighted by Crippen LogP contribution is 2.19. The van der Waals surface area contributed by atoms with Gasteiger partial charge in [0.15, 0.2) is 0 Å². The van der Waals surface area contributed by atoms with E-state index in [0.29, 0.717) is 6.42 Å². The van der Waals surface area contributed by atoms with Gasteiger partial charge in [0.05, 0.1) is 6.04 Å². The Morgan fingerprint density at radius 2 is 1.36 bits per heavy atom. The van der Waals surface area contributed by atoms with Gasteiger partial charge >= 0.3 is 5.97 Å². The number of hydrogen-bond donors (Lipinski definition) is 6. The van der Waals surface area contributed by atoms with Crippen LogP contribution in [0.4, 0.5) is 0 Å². The molecule has 0 aliphatic rings. The first-order valence-corrected chi connectivity index (χ1v) is 12.3. The van der Waals surface area contributed by atoms with E-state index in [9.17, 15) is 24.3 Å². The number of para-hydroxylation sites is 1. The zero-order valence-electron chi connectivity index (χ0n) is 21.6. The standard InChI is InChI=1S/C26H39N5O5/c1-14(2)10-20(24(33)31-22(26(35)36)11-15(3)4)30-25(34)21(29-23(32)16(5)27)12-17-13-28-19-9-7-6-8-18(17)19/h6-9,13-16,20-22,28H,10-12,27H2,1-5H3,(H,29,32)(H,30,34)(H,31,33)(H,35,36). The van der Waals surface area contributed by atoms with Gasteiger partial charge < -0.3 is 31.8 Å². The largest absolute Gasteiger partial charge is 0.480 e. The number of amides is 3. The highest BCUT2D eigenvalue weighted by atomic mass is 16.4. The molecule has 0 aliphatic heterocycles. The van der Waals surface area contributed by atoms with Crippen molar-refractivity contribution in [2.24, 2.45) is 17.6 Å². The van der Waals surface area contributed by atoms with E-state index in [4.69, 9.17) is 5.73 Å². The fourth-order valence-electron chi connectivity index (χ4n) is 3.97. The maximum Gasteiger partial charge on any atom is 0.326 e. The van der Waals surface area contributed by atoms with Crippen LogP contribution in [-0.2, 0) is 25.6 Å². The number of rotatable bonds is 13. The lowest BCUT2D eigenvalue weighted by atomic mass is 9.99. The summed E-state index contributed by atoms with van der Waals surface area (Å²) in [7, 11) is 0. The lowest BCUT2D eigenvalue weighted by Gasteiger charge is -2.26. The number of aliphatic carboxylic acids is 1. The highest BCUT2D eigenvalue weighted by molar-refractivity contribution is 5.94. The first kappa shape index (κ1) is 28.8. The van der Waals surface area contributed by atoms with Crippen molar-refractivity contribution in [2.45, 2.75) is 78.0 Å². The zero-order chi connectivity index (χ0) is 27.0. The summed E-state index contributed by atoms with van der Waals surface area (Å²) in [4.78, 5) is 53.6. The smallest absolute Gasteiger partial charge is 0.326 e. The second kappa shape index (κ2) is 13.1. The molecule has 1 aromatic carbocycles. The SMILES string of the molecule is CC(C)CC(NC(=O)C(CC(C)C)NC(=O)C(Cc1c[nH]c2ccccc12)NC(=O)C(C)N)C(=O)O. The summed E-state index contributed by atoms with van der Waals surface area (Å²) >= 11 is 0. The van der Waals surface area contributed by atoms with Crippen molar-refractivity contribution >= 4 is 34.6 Å². The van der Waals surface area contributed by atoms with E-state index in [2.05, 4.69) is 20.9 Å². The van der Waals surface area contributed by atoms with E-state index in [-0.39, 0.29) is 24.7 Å². The maximum atomic E-state index is 13.4. The van der Waals surface area contributed by atoms with Crippen LogP contribution in [0, 0.1) is 11.8 Å². The Balaban J connectivity index is 2.26. The summed E-state index contributed by atoms with van der Waals surface area (Å²) in [6, 6.07) is 3.75. The van der Waals surface area contributed by atoms with E-state index in [1.165, 1.54) is 6.92 Å².